The maximum Gasteiger partial charge on any atom is 0.412 e. The van der Waals surface area contributed by atoms with Gasteiger partial charge in [0.2, 0.25) is 11.8 Å². The lowest BCUT2D eigenvalue weighted by atomic mass is 10.0. The van der Waals surface area contributed by atoms with E-state index in [1.54, 1.807) is 5.32 Å². The number of imide groups is 2. The topological polar surface area (TPSA) is 66.5 Å². The van der Waals surface area contributed by atoms with Gasteiger partial charge in [-0.2, -0.15) is 13.2 Å². The van der Waals surface area contributed by atoms with Gasteiger partial charge in [0.15, 0.2) is 0 Å². The van der Waals surface area contributed by atoms with E-state index in [1.165, 1.54) is 6.92 Å². The highest BCUT2D eigenvalue weighted by atomic mass is 19.4. The van der Waals surface area contributed by atoms with E-state index in [0.717, 1.165) is 0 Å². The second-order valence-corrected chi connectivity index (χ2v) is 4.22. The van der Waals surface area contributed by atoms with Gasteiger partial charge in [0.05, 0.1) is 0 Å². The highest BCUT2D eigenvalue weighted by Crippen LogP contribution is 2.54. The van der Waals surface area contributed by atoms with Crippen LogP contribution in [0.25, 0.3) is 0 Å². The molecule has 0 spiro atoms. The second kappa shape index (κ2) is 3.21. The van der Waals surface area contributed by atoms with Gasteiger partial charge < -0.3 is 0 Å². The number of halogens is 3. The maximum absolute atomic E-state index is 12.8. The van der Waals surface area contributed by atoms with Crippen molar-refractivity contribution in [2.75, 3.05) is 0 Å². The molecule has 0 radical (unpaired) electrons. The van der Waals surface area contributed by atoms with Crippen LogP contribution in [0, 0.1) is 5.92 Å². The number of alkyl halides is 3. The SMILES string of the molecule is CC1C(=O)NC(=O)N(C2(C(F)(F)F)CC2)C1=O. The van der Waals surface area contributed by atoms with Crippen LogP contribution in [-0.4, -0.2) is 34.5 Å². The van der Waals surface area contributed by atoms with Crippen molar-refractivity contribution in [3.05, 3.63) is 0 Å². The number of carbonyl (C=O) groups is 3. The fourth-order valence-corrected chi connectivity index (χ4v) is 1.83. The Morgan fingerprint density at radius 3 is 2.24 bits per heavy atom. The molecule has 17 heavy (non-hydrogen) atoms. The van der Waals surface area contributed by atoms with Gasteiger partial charge >= 0.3 is 12.2 Å². The quantitative estimate of drug-likeness (QED) is 0.700. The Morgan fingerprint density at radius 2 is 1.82 bits per heavy atom. The Bertz CT molecular complexity index is 414. The number of nitrogens with one attached hydrogen (secondary N) is 1. The van der Waals surface area contributed by atoms with Gasteiger partial charge in [0, 0.05) is 0 Å². The van der Waals surface area contributed by atoms with Gasteiger partial charge in [-0.1, -0.05) is 0 Å². The van der Waals surface area contributed by atoms with Crippen LogP contribution < -0.4 is 5.32 Å². The summed E-state index contributed by atoms with van der Waals surface area (Å²) in [5.74, 6) is -3.23. The molecule has 94 valence electrons. The van der Waals surface area contributed by atoms with Crippen LogP contribution in [0.2, 0.25) is 0 Å². The molecule has 1 saturated carbocycles. The first-order valence-electron chi connectivity index (χ1n) is 4.96. The molecule has 2 fully saturated rings. The zero-order valence-electron chi connectivity index (χ0n) is 8.80. The fourth-order valence-electron chi connectivity index (χ4n) is 1.83. The second-order valence-electron chi connectivity index (χ2n) is 4.22. The van der Waals surface area contributed by atoms with E-state index < -0.39 is 35.5 Å². The Balaban J connectivity index is 2.36. The smallest absolute Gasteiger partial charge is 0.277 e. The molecule has 1 atom stereocenters. The van der Waals surface area contributed by atoms with Crippen LogP contribution in [0.15, 0.2) is 0 Å². The summed E-state index contributed by atoms with van der Waals surface area (Å²) >= 11 is 0. The highest BCUT2D eigenvalue weighted by Gasteiger charge is 2.71. The summed E-state index contributed by atoms with van der Waals surface area (Å²) in [6, 6.07) is -1.28. The third-order valence-electron chi connectivity index (χ3n) is 3.10. The zero-order valence-corrected chi connectivity index (χ0v) is 8.80. The number of hydrogen-bond donors (Lipinski definition) is 1. The summed E-state index contributed by atoms with van der Waals surface area (Å²) in [5, 5.41) is 1.75. The molecule has 0 aromatic rings. The molecule has 1 saturated heterocycles. The first kappa shape index (κ1) is 11.9. The van der Waals surface area contributed by atoms with Crippen LogP contribution in [0.1, 0.15) is 19.8 Å². The van der Waals surface area contributed by atoms with E-state index in [0.29, 0.717) is 0 Å². The van der Waals surface area contributed by atoms with Gasteiger partial charge in [0.1, 0.15) is 11.5 Å². The third kappa shape index (κ3) is 1.50. The summed E-state index contributed by atoms with van der Waals surface area (Å²) in [7, 11) is 0. The number of amides is 4. The molecular weight excluding hydrogens is 241 g/mol. The van der Waals surface area contributed by atoms with E-state index in [1.807, 2.05) is 0 Å². The minimum Gasteiger partial charge on any atom is -0.277 e. The average molecular weight is 250 g/mol. The third-order valence-corrected chi connectivity index (χ3v) is 3.10. The fraction of sp³-hybridized carbons (Fsp3) is 0.667. The predicted octanol–water partition coefficient (Wildman–Crippen LogP) is 0.796. The minimum absolute atomic E-state index is 0.152. The van der Waals surface area contributed by atoms with Crippen molar-refractivity contribution in [1.29, 1.82) is 0 Å². The van der Waals surface area contributed by atoms with E-state index in [4.69, 9.17) is 0 Å². The van der Waals surface area contributed by atoms with Crippen LogP contribution in [0.3, 0.4) is 0 Å². The molecule has 1 aliphatic carbocycles. The summed E-state index contributed by atoms with van der Waals surface area (Å²) in [5.41, 5.74) is -2.41. The summed E-state index contributed by atoms with van der Waals surface area (Å²) in [6.07, 6.45) is -5.28. The van der Waals surface area contributed by atoms with Crippen molar-refractivity contribution in [3.8, 4) is 0 Å². The van der Waals surface area contributed by atoms with Gasteiger partial charge in [0.25, 0.3) is 0 Å². The Morgan fingerprint density at radius 1 is 1.29 bits per heavy atom. The van der Waals surface area contributed by atoms with Gasteiger partial charge in [-0.3, -0.25) is 14.9 Å². The number of barbiturate groups is 1. The van der Waals surface area contributed by atoms with Crippen molar-refractivity contribution in [2.24, 2.45) is 5.92 Å². The van der Waals surface area contributed by atoms with Crippen molar-refractivity contribution in [1.82, 2.24) is 10.2 Å². The van der Waals surface area contributed by atoms with Crippen molar-refractivity contribution >= 4 is 17.8 Å². The zero-order chi connectivity index (χ0) is 13.0. The van der Waals surface area contributed by atoms with Gasteiger partial charge in [-0.15, -0.1) is 0 Å². The van der Waals surface area contributed by atoms with Crippen LogP contribution in [0.4, 0.5) is 18.0 Å². The average Bonchev–Trinajstić information content (AvgIpc) is 2.94. The summed E-state index contributed by atoms with van der Waals surface area (Å²) in [6.45, 7) is 1.17. The van der Waals surface area contributed by atoms with Crippen molar-refractivity contribution in [3.63, 3.8) is 0 Å². The largest absolute Gasteiger partial charge is 0.412 e. The lowest BCUT2D eigenvalue weighted by Gasteiger charge is -2.36. The summed E-state index contributed by atoms with van der Waals surface area (Å²) in [4.78, 5) is 34.2. The van der Waals surface area contributed by atoms with Crippen molar-refractivity contribution < 1.29 is 27.6 Å². The molecule has 2 aliphatic rings. The number of carbonyl (C=O) groups excluding carboxylic acids is 3. The molecule has 0 bridgehead atoms. The molecule has 0 aromatic carbocycles. The number of rotatable bonds is 1. The standard InChI is InChI=1S/C9H9F3N2O3/c1-4-5(15)13-7(17)14(6(4)16)8(2-3-8)9(10,11)12/h4H,2-3H2,1H3,(H,13,15,17). The Hall–Kier alpha value is -1.60. The molecule has 1 heterocycles. The number of nitrogens with zero attached hydrogens (tertiary/aromatic N) is 1. The number of urea groups is 1. The van der Waals surface area contributed by atoms with Gasteiger partial charge in [-0.25, -0.2) is 9.69 Å². The minimum atomic E-state index is -4.67. The lowest BCUT2D eigenvalue weighted by Crippen LogP contribution is -2.64. The molecule has 0 aromatic heterocycles. The normalized spacial score (nSPS) is 28.1. The monoisotopic (exact) mass is 250 g/mol. The highest BCUT2D eigenvalue weighted by molar-refractivity contribution is 6.16. The van der Waals surface area contributed by atoms with Crippen LogP contribution in [0.5, 0.6) is 0 Å². The molecule has 2 rings (SSSR count). The maximum atomic E-state index is 12.8. The molecule has 4 amide bonds. The van der Waals surface area contributed by atoms with Gasteiger partial charge in [-0.05, 0) is 19.8 Å². The molecule has 1 N–H and O–H groups in total. The molecule has 5 nitrogen and oxygen atoms in total. The van der Waals surface area contributed by atoms with E-state index in [-0.39, 0.29) is 17.7 Å². The molecule has 8 heteroatoms. The van der Waals surface area contributed by atoms with E-state index in [2.05, 4.69) is 0 Å². The lowest BCUT2D eigenvalue weighted by molar-refractivity contribution is -0.195. The first-order valence-corrected chi connectivity index (χ1v) is 4.96. The molecular formula is C9H9F3N2O3. The predicted molar refractivity (Wildman–Crippen MR) is 47.6 cm³/mol. The van der Waals surface area contributed by atoms with E-state index >= 15 is 0 Å². The van der Waals surface area contributed by atoms with Crippen LogP contribution >= 0.6 is 0 Å². The Labute approximate surface area is 93.9 Å². The Kier molecular flexibility index (Phi) is 2.24. The van der Waals surface area contributed by atoms with Crippen molar-refractivity contribution in [2.45, 2.75) is 31.5 Å². The number of hydrogen-bond acceptors (Lipinski definition) is 3. The first-order chi connectivity index (χ1) is 7.71. The van der Waals surface area contributed by atoms with E-state index in [9.17, 15) is 27.6 Å². The molecule has 1 unspecified atom stereocenters. The van der Waals surface area contributed by atoms with Crippen LogP contribution in [-0.2, 0) is 9.59 Å². The molecule has 1 aliphatic heterocycles. The summed E-state index contributed by atoms with van der Waals surface area (Å²) < 4.78 is 38.4.